The van der Waals surface area contributed by atoms with Crippen molar-refractivity contribution in [1.82, 2.24) is 0 Å². The largest absolute Gasteiger partial charge is 0.0648 e. The molecule has 0 aromatic carbocycles. The summed E-state index contributed by atoms with van der Waals surface area (Å²) < 4.78 is 0. The van der Waals surface area contributed by atoms with E-state index in [9.17, 15) is 0 Å². The Morgan fingerprint density at radius 1 is 1.13 bits per heavy atom. The second-order valence-electron chi connectivity index (χ2n) is 7.61. The molecule has 2 bridgehead atoms. The molecule has 0 heteroatoms. The molecule has 0 nitrogen and oxygen atoms in total. The topological polar surface area (TPSA) is 0 Å². The Labute approximate surface area is 95.8 Å². The molecule has 0 heterocycles. The maximum Gasteiger partial charge on any atom is -0.0215 e. The fourth-order valence-corrected chi connectivity index (χ4v) is 5.08. The highest BCUT2D eigenvalue weighted by atomic mass is 14.7. The Balaban J connectivity index is 2.40. The maximum atomic E-state index is 2.53. The molecule has 88 valence electrons. The molecule has 0 spiro atoms. The Morgan fingerprint density at radius 3 is 1.93 bits per heavy atom. The van der Waals surface area contributed by atoms with Crippen LogP contribution in [0.4, 0.5) is 0 Å². The Hall–Kier alpha value is 0. The van der Waals surface area contributed by atoms with E-state index in [1.165, 1.54) is 25.7 Å². The molecule has 0 aromatic rings. The van der Waals surface area contributed by atoms with Gasteiger partial charge < -0.3 is 0 Å². The second-order valence-corrected chi connectivity index (χ2v) is 7.61. The minimum atomic E-state index is 0.485. The number of rotatable bonds is 1. The van der Waals surface area contributed by atoms with E-state index in [1.54, 1.807) is 0 Å². The summed E-state index contributed by atoms with van der Waals surface area (Å²) in [5.41, 5.74) is 1.72. The zero-order valence-corrected chi connectivity index (χ0v) is 11.5. The molecule has 2 aliphatic rings. The van der Waals surface area contributed by atoms with Crippen LogP contribution in [0, 0.1) is 28.1 Å². The van der Waals surface area contributed by atoms with Crippen LogP contribution in [0.5, 0.6) is 0 Å². The van der Waals surface area contributed by atoms with E-state index in [-0.39, 0.29) is 0 Å². The summed E-state index contributed by atoms with van der Waals surface area (Å²) in [4.78, 5) is 0. The average Bonchev–Trinajstić information content (AvgIpc) is 2.52. The molecule has 3 unspecified atom stereocenters. The molecule has 2 rings (SSSR count). The van der Waals surface area contributed by atoms with Crippen molar-refractivity contribution in [2.24, 2.45) is 28.1 Å². The van der Waals surface area contributed by atoms with E-state index in [0.717, 1.165) is 11.8 Å². The lowest BCUT2D eigenvalue weighted by Crippen LogP contribution is -2.41. The number of hydrogen-bond donors (Lipinski definition) is 0. The van der Waals surface area contributed by atoms with Crippen molar-refractivity contribution in [3.05, 3.63) is 0 Å². The van der Waals surface area contributed by atoms with Crippen LogP contribution >= 0.6 is 0 Å². The Morgan fingerprint density at radius 2 is 1.73 bits per heavy atom. The van der Waals surface area contributed by atoms with Crippen molar-refractivity contribution < 1.29 is 0 Å². The van der Waals surface area contributed by atoms with Gasteiger partial charge in [0, 0.05) is 0 Å². The van der Waals surface area contributed by atoms with Crippen LogP contribution in [0.15, 0.2) is 0 Å². The van der Waals surface area contributed by atoms with E-state index in [2.05, 4.69) is 41.5 Å². The molecule has 0 N–H and O–H groups in total. The lowest BCUT2D eigenvalue weighted by molar-refractivity contribution is 0.000166. The van der Waals surface area contributed by atoms with Crippen LogP contribution < -0.4 is 0 Å². The van der Waals surface area contributed by atoms with E-state index < -0.39 is 0 Å². The van der Waals surface area contributed by atoms with Crippen LogP contribution in [0.1, 0.15) is 67.2 Å². The lowest BCUT2D eigenvalue weighted by Gasteiger charge is -2.49. The fourth-order valence-electron chi connectivity index (χ4n) is 5.08. The van der Waals surface area contributed by atoms with Gasteiger partial charge in [0.05, 0.1) is 0 Å². The third kappa shape index (κ3) is 1.26. The van der Waals surface area contributed by atoms with Gasteiger partial charge in [-0.1, -0.05) is 41.5 Å². The predicted molar refractivity (Wildman–Crippen MR) is 66.8 cm³/mol. The summed E-state index contributed by atoms with van der Waals surface area (Å²) in [6.45, 7) is 14.9. The zero-order valence-electron chi connectivity index (χ0n) is 11.5. The van der Waals surface area contributed by atoms with Gasteiger partial charge in [0.1, 0.15) is 0 Å². The maximum absolute atomic E-state index is 2.53. The highest BCUT2D eigenvalue weighted by Crippen LogP contribution is 2.71. The molecule has 2 aliphatic carbocycles. The van der Waals surface area contributed by atoms with Gasteiger partial charge >= 0.3 is 0 Å². The van der Waals surface area contributed by atoms with Crippen molar-refractivity contribution in [1.29, 1.82) is 0 Å². The summed E-state index contributed by atoms with van der Waals surface area (Å²) in [6, 6.07) is 0. The van der Waals surface area contributed by atoms with Gasteiger partial charge in [-0.3, -0.25) is 0 Å². The lowest BCUT2D eigenvalue weighted by atomic mass is 9.56. The van der Waals surface area contributed by atoms with Crippen LogP contribution in [0.2, 0.25) is 0 Å². The van der Waals surface area contributed by atoms with E-state index >= 15 is 0 Å². The highest BCUT2D eigenvalue weighted by Gasteiger charge is 2.63. The minimum absolute atomic E-state index is 0.485. The van der Waals surface area contributed by atoms with Gasteiger partial charge in [-0.25, -0.2) is 0 Å². The van der Waals surface area contributed by atoms with E-state index in [4.69, 9.17) is 0 Å². The predicted octanol–water partition coefficient (Wildman–Crippen LogP) is 4.89. The molecule has 0 aliphatic heterocycles. The monoisotopic (exact) mass is 208 g/mol. The highest BCUT2D eigenvalue weighted by molar-refractivity contribution is 5.12. The third-order valence-electron chi connectivity index (χ3n) is 6.16. The first kappa shape index (κ1) is 11.5. The van der Waals surface area contributed by atoms with E-state index in [0.29, 0.717) is 16.2 Å². The normalized spacial score (nSPS) is 43.6. The summed E-state index contributed by atoms with van der Waals surface area (Å²) in [5, 5.41) is 0. The summed E-state index contributed by atoms with van der Waals surface area (Å²) in [6.07, 6.45) is 5.85. The quantitative estimate of drug-likeness (QED) is 0.576. The second kappa shape index (κ2) is 3.02. The number of fused-ring (bicyclic) bond motifs is 2. The molecule has 2 saturated carbocycles. The van der Waals surface area contributed by atoms with Crippen LogP contribution in [0.25, 0.3) is 0 Å². The molecule has 3 atom stereocenters. The molecule has 15 heavy (non-hydrogen) atoms. The third-order valence-corrected chi connectivity index (χ3v) is 6.16. The molecule has 2 fully saturated rings. The van der Waals surface area contributed by atoms with Crippen molar-refractivity contribution in [2.75, 3.05) is 0 Å². The van der Waals surface area contributed by atoms with Gasteiger partial charge in [-0.2, -0.15) is 0 Å². The van der Waals surface area contributed by atoms with Crippen LogP contribution in [-0.4, -0.2) is 0 Å². The smallest absolute Gasteiger partial charge is 0.0215 e. The van der Waals surface area contributed by atoms with Crippen molar-refractivity contribution >= 4 is 0 Å². The Bertz CT molecular complexity index is 256. The van der Waals surface area contributed by atoms with Crippen LogP contribution in [0.3, 0.4) is 0 Å². The molecular formula is C15H28. The summed E-state index contributed by atoms with van der Waals surface area (Å²) in [5.74, 6) is 1.97. The van der Waals surface area contributed by atoms with Gasteiger partial charge in [0.15, 0.2) is 0 Å². The fraction of sp³-hybridized carbons (Fsp3) is 1.00. The average molecular weight is 208 g/mol. The van der Waals surface area contributed by atoms with Gasteiger partial charge in [0.25, 0.3) is 0 Å². The molecule has 0 radical (unpaired) electrons. The first-order chi connectivity index (χ1) is 6.75. The molecule has 0 aromatic heterocycles. The SMILES string of the molecule is CCC1(C(C)(C)C)CC2CCC1C2(C)C. The summed E-state index contributed by atoms with van der Waals surface area (Å²) >= 11 is 0. The number of hydrogen-bond acceptors (Lipinski definition) is 0. The van der Waals surface area contributed by atoms with Crippen molar-refractivity contribution in [2.45, 2.75) is 67.2 Å². The van der Waals surface area contributed by atoms with Crippen molar-refractivity contribution in [3.63, 3.8) is 0 Å². The van der Waals surface area contributed by atoms with Crippen molar-refractivity contribution in [3.8, 4) is 0 Å². The first-order valence-electron chi connectivity index (χ1n) is 6.75. The minimum Gasteiger partial charge on any atom is -0.0648 e. The zero-order chi connectivity index (χ0) is 11.5. The first-order valence-corrected chi connectivity index (χ1v) is 6.75. The molecule has 0 amide bonds. The van der Waals surface area contributed by atoms with E-state index in [1.807, 2.05) is 0 Å². The van der Waals surface area contributed by atoms with Gasteiger partial charge in [-0.05, 0) is 53.8 Å². The molecular weight excluding hydrogens is 180 g/mol. The van der Waals surface area contributed by atoms with Crippen LogP contribution in [-0.2, 0) is 0 Å². The van der Waals surface area contributed by atoms with Gasteiger partial charge in [0.2, 0.25) is 0 Å². The molecule has 0 saturated heterocycles. The van der Waals surface area contributed by atoms with Gasteiger partial charge in [-0.15, -0.1) is 0 Å². The standard InChI is InChI=1S/C15H28/c1-7-15(13(2,3)4)10-11-8-9-12(15)14(11,5)6/h11-12H,7-10H2,1-6H3. The summed E-state index contributed by atoms with van der Waals surface area (Å²) in [7, 11) is 0. The Kier molecular flexibility index (Phi) is 2.31.